The van der Waals surface area contributed by atoms with Gasteiger partial charge < -0.3 is 20.7 Å². The van der Waals surface area contributed by atoms with Gasteiger partial charge in [-0.2, -0.15) is 0 Å². The average molecular weight is 416 g/mol. The largest absolute Gasteiger partial charge is 0.497 e. The molecule has 8 heteroatoms. The van der Waals surface area contributed by atoms with Crippen molar-refractivity contribution in [1.29, 1.82) is 0 Å². The minimum atomic E-state index is -0.857. The standard InChI is InChI=1S/C21H25N3O4S/c1-28-16-8-6-15(7-9-16)24-20(27)19(26)22-13-18(25)23-14-21(10-2-3-11-21)17-5-4-12-29-17/h4-9,12H,2-3,10-11,13-14H2,1H3,(H,22,26)(H,23,25)(H,24,27). The lowest BCUT2D eigenvalue weighted by atomic mass is 9.84. The molecule has 0 spiro atoms. The van der Waals surface area contributed by atoms with E-state index >= 15 is 0 Å². The highest BCUT2D eigenvalue weighted by Gasteiger charge is 2.36. The lowest BCUT2D eigenvalue weighted by Crippen LogP contribution is -2.45. The monoisotopic (exact) mass is 415 g/mol. The molecule has 1 aromatic carbocycles. The molecule has 1 heterocycles. The molecule has 1 fully saturated rings. The number of rotatable bonds is 7. The number of nitrogens with one attached hydrogen (secondary N) is 3. The summed E-state index contributed by atoms with van der Waals surface area (Å²) in [4.78, 5) is 37.4. The highest BCUT2D eigenvalue weighted by Crippen LogP contribution is 2.42. The topological polar surface area (TPSA) is 96.5 Å². The van der Waals surface area contributed by atoms with Crippen LogP contribution in [-0.4, -0.2) is 37.9 Å². The van der Waals surface area contributed by atoms with Crippen molar-refractivity contribution in [2.45, 2.75) is 31.1 Å². The molecule has 1 saturated carbocycles. The van der Waals surface area contributed by atoms with E-state index in [0.29, 0.717) is 18.0 Å². The summed E-state index contributed by atoms with van der Waals surface area (Å²) < 4.78 is 5.04. The second-order valence-corrected chi connectivity index (χ2v) is 8.05. The Labute approximate surface area is 173 Å². The summed E-state index contributed by atoms with van der Waals surface area (Å²) in [6.07, 6.45) is 4.39. The van der Waals surface area contributed by atoms with Gasteiger partial charge in [-0.05, 0) is 48.6 Å². The van der Waals surface area contributed by atoms with Crippen LogP contribution in [0.2, 0.25) is 0 Å². The maximum absolute atomic E-state index is 12.2. The molecule has 3 N–H and O–H groups in total. The Morgan fingerprint density at radius 1 is 1.03 bits per heavy atom. The molecule has 0 atom stereocenters. The zero-order valence-electron chi connectivity index (χ0n) is 16.3. The highest BCUT2D eigenvalue weighted by atomic mass is 32.1. The van der Waals surface area contributed by atoms with Crippen LogP contribution in [0.1, 0.15) is 30.6 Å². The fourth-order valence-corrected chi connectivity index (χ4v) is 4.56. The summed E-state index contributed by atoms with van der Waals surface area (Å²) in [6, 6.07) is 10.8. The Bertz CT molecular complexity index is 843. The Morgan fingerprint density at radius 2 is 1.76 bits per heavy atom. The van der Waals surface area contributed by atoms with Crippen LogP contribution in [-0.2, 0) is 19.8 Å². The first kappa shape index (κ1) is 20.9. The third-order valence-corrected chi connectivity index (χ3v) is 6.31. The summed E-state index contributed by atoms with van der Waals surface area (Å²) in [6.45, 7) is 0.301. The number of amides is 3. The van der Waals surface area contributed by atoms with Crippen molar-refractivity contribution in [3.05, 3.63) is 46.7 Å². The molecule has 0 saturated heterocycles. The predicted molar refractivity (Wildman–Crippen MR) is 112 cm³/mol. The van der Waals surface area contributed by atoms with Gasteiger partial charge in [-0.1, -0.05) is 18.9 Å². The van der Waals surface area contributed by atoms with Crippen molar-refractivity contribution in [2.75, 3.05) is 25.5 Å². The van der Waals surface area contributed by atoms with Crippen molar-refractivity contribution < 1.29 is 19.1 Å². The zero-order valence-corrected chi connectivity index (χ0v) is 17.1. The van der Waals surface area contributed by atoms with E-state index in [9.17, 15) is 14.4 Å². The van der Waals surface area contributed by atoms with Crippen molar-refractivity contribution in [3.63, 3.8) is 0 Å². The molecule has 154 valence electrons. The first-order chi connectivity index (χ1) is 14.0. The van der Waals surface area contributed by atoms with E-state index in [-0.39, 0.29) is 17.9 Å². The van der Waals surface area contributed by atoms with Crippen molar-refractivity contribution in [2.24, 2.45) is 0 Å². The summed E-state index contributed by atoms with van der Waals surface area (Å²) in [7, 11) is 1.54. The fraction of sp³-hybridized carbons (Fsp3) is 0.381. The molecule has 7 nitrogen and oxygen atoms in total. The number of ether oxygens (including phenoxy) is 1. The van der Waals surface area contributed by atoms with Crippen LogP contribution in [0, 0.1) is 0 Å². The number of anilines is 1. The number of carbonyl (C=O) groups excluding carboxylic acids is 3. The van der Waals surface area contributed by atoms with E-state index < -0.39 is 11.8 Å². The van der Waals surface area contributed by atoms with Gasteiger partial charge in [0.15, 0.2) is 0 Å². The van der Waals surface area contributed by atoms with Gasteiger partial charge in [0.05, 0.1) is 13.7 Å². The van der Waals surface area contributed by atoms with E-state index in [0.717, 1.165) is 25.7 Å². The smallest absolute Gasteiger partial charge is 0.313 e. The second-order valence-electron chi connectivity index (χ2n) is 7.11. The molecule has 0 bridgehead atoms. The van der Waals surface area contributed by atoms with Gasteiger partial charge >= 0.3 is 11.8 Å². The molecule has 1 aromatic heterocycles. The molecule has 1 aliphatic rings. The molecular formula is C21H25N3O4S. The van der Waals surface area contributed by atoms with Crippen LogP contribution >= 0.6 is 11.3 Å². The van der Waals surface area contributed by atoms with E-state index in [1.807, 2.05) is 6.07 Å². The van der Waals surface area contributed by atoms with Crippen LogP contribution in [0.5, 0.6) is 5.75 Å². The fourth-order valence-electron chi connectivity index (χ4n) is 3.58. The summed E-state index contributed by atoms with van der Waals surface area (Å²) in [5.74, 6) is -1.34. The summed E-state index contributed by atoms with van der Waals surface area (Å²) in [5.41, 5.74) is 0.453. The summed E-state index contributed by atoms with van der Waals surface area (Å²) >= 11 is 1.71. The van der Waals surface area contributed by atoms with Crippen molar-refractivity contribution in [3.8, 4) is 5.75 Å². The first-order valence-electron chi connectivity index (χ1n) is 9.56. The number of methoxy groups -OCH3 is 1. The van der Waals surface area contributed by atoms with Crippen molar-refractivity contribution >= 4 is 34.7 Å². The van der Waals surface area contributed by atoms with E-state index in [2.05, 4.69) is 27.4 Å². The first-order valence-corrected chi connectivity index (χ1v) is 10.4. The van der Waals surface area contributed by atoms with Crippen LogP contribution < -0.4 is 20.7 Å². The Kier molecular flexibility index (Phi) is 6.87. The molecular weight excluding hydrogens is 390 g/mol. The minimum absolute atomic E-state index is 0.0143. The van der Waals surface area contributed by atoms with E-state index in [4.69, 9.17) is 4.74 Å². The Morgan fingerprint density at radius 3 is 2.38 bits per heavy atom. The third-order valence-electron chi connectivity index (χ3n) is 5.19. The molecule has 2 aromatic rings. The van der Waals surface area contributed by atoms with Gasteiger partial charge in [0.1, 0.15) is 5.75 Å². The van der Waals surface area contributed by atoms with E-state index in [1.54, 1.807) is 42.7 Å². The van der Waals surface area contributed by atoms with Gasteiger partial charge in [0.2, 0.25) is 5.91 Å². The van der Waals surface area contributed by atoms with Gasteiger partial charge in [-0.3, -0.25) is 14.4 Å². The Balaban J connectivity index is 1.44. The van der Waals surface area contributed by atoms with Crippen molar-refractivity contribution in [1.82, 2.24) is 10.6 Å². The predicted octanol–water partition coefficient (Wildman–Crippen LogP) is 2.44. The van der Waals surface area contributed by atoms with Crippen LogP contribution in [0.4, 0.5) is 5.69 Å². The van der Waals surface area contributed by atoms with Crippen LogP contribution in [0.25, 0.3) is 0 Å². The lowest BCUT2D eigenvalue weighted by molar-refractivity contribution is -0.136. The quantitative estimate of drug-likeness (QED) is 0.605. The summed E-state index contributed by atoms with van der Waals surface area (Å²) in [5, 5.41) is 9.82. The maximum atomic E-state index is 12.2. The minimum Gasteiger partial charge on any atom is -0.497 e. The molecule has 0 aliphatic heterocycles. The molecule has 0 unspecified atom stereocenters. The zero-order chi connectivity index (χ0) is 20.7. The maximum Gasteiger partial charge on any atom is 0.313 e. The molecule has 1 aliphatic carbocycles. The van der Waals surface area contributed by atoms with Gasteiger partial charge in [0, 0.05) is 22.5 Å². The highest BCUT2D eigenvalue weighted by molar-refractivity contribution is 7.10. The number of hydrogen-bond acceptors (Lipinski definition) is 5. The average Bonchev–Trinajstić information content (AvgIpc) is 3.43. The van der Waals surface area contributed by atoms with Crippen LogP contribution in [0.15, 0.2) is 41.8 Å². The number of hydrogen-bond donors (Lipinski definition) is 3. The molecule has 29 heavy (non-hydrogen) atoms. The number of benzene rings is 1. The number of carbonyl (C=O) groups is 3. The third kappa shape index (κ3) is 5.35. The molecule has 0 radical (unpaired) electrons. The molecule has 3 rings (SSSR count). The Hall–Kier alpha value is -2.87. The van der Waals surface area contributed by atoms with E-state index in [1.165, 1.54) is 4.88 Å². The second kappa shape index (κ2) is 9.56. The normalized spacial score (nSPS) is 14.8. The van der Waals surface area contributed by atoms with Gasteiger partial charge in [0.25, 0.3) is 0 Å². The van der Waals surface area contributed by atoms with Crippen LogP contribution in [0.3, 0.4) is 0 Å². The lowest BCUT2D eigenvalue weighted by Gasteiger charge is -2.28. The SMILES string of the molecule is COc1ccc(NC(=O)C(=O)NCC(=O)NCC2(c3cccs3)CCCC2)cc1. The number of thiophene rings is 1. The van der Waals surface area contributed by atoms with Gasteiger partial charge in [-0.25, -0.2) is 0 Å². The van der Waals surface area contributed by atoms with Gasteiger partial charge in [-0.15, -0.1) is 11.3 Å². The molecule has 3 amide bonds.